The van der Waals surface area contributed by atoms with Crippen LogP contribution in [0.2, 0.25) is 0 Å². The molecule has 0 spiro atoms. The topological polar surface area (TPSA) is 113 Å². The van der Waals surface area contributed by atoms with Crippen LogP contribution in [0.1, 0.15) is 17.5 Å². The van der Waals surface area contributed by atoms with E-state index in [9.17, 15) is 18.5 Å². The maximum absolute atomic E-state index is 11.7. The largest absolute Gasteiger partial charge is 0.298 e. The molecule has 0 saturated carbocycles. The first-order valence-corrected chi connectivity index (χ1v) is 9.89. The van der Waals surface area contributed by atoms with Crippen LogP contribution in [0.3, 0.4) is 0 Å². The van der Waals surface area contributed by atoms with Crippen molar-refractivity contribution in [3.63, 3.8) is 0 Å². The van der Waals surface area contributed by atoms with Crippen molar-refractivity contribution in [1.29, 1.82) is 0 Å². The lowest BCUT2D eigenvalue weighted by Crippen LogP contribution is -2.42. The van der Waals surface area contributed by atoms with Crippen molar-refractivity contribution in [1.82, 2.24) is 0 Å². The van der Waals surface area contributed by atoms with Gasteiger partial charge in [0.2, 0.25) is 0 Å². The molecule has 25 heavy (non-hydrogen) atoms. The summed E-state index contributed by atoms with van der Waals surface area (Å²) in [6.45, 7) is 0. The van der Waals surface area contributed by atoms with Gasteiger partial charge in [-0.15, -0.1) is 0 Å². The minimum atomic E-state index is -3.95. The predicted molar refractivity (Wildman–Crippen MR) is 97.4 cm³/mol. The van der Waals surface area contributed by atoms with E-state index in [1.165, 1.54) is 12.1 Å². The summed E-state index contributed by atoms with van der Waals surface area (Å²) in [5.74, 6) is 0. The molecule has 0 amide bonds. The van der Waals surface area contributed by atoms with Crippen LogP contribution < -0.4 is 5.73 Å². The highest BCUT2D eigenvalue weighted by atomic mass is 79.9. The van der Waals surface area contributed by atoms with Crippen molar-refractivity contribution in [3.05, 3.63) is 74.2 Å². The normalized spacial score (nSPS) is 14.0. The van der Waals surface area contributed by atoms with Crippen LogP contribution in [0.15, 0.2) is 53.0 Å². The van der Waals surface area contributed by atoms with Crippen molar-refractivity contribution in [3.8, 4) is 0 Å². The Labute approximate surface area is 154 Å². The average Bonchev–Trinajstić information content (AvgIpc) is 2.52. The lowest BCUT2D eigenvalue weighted by molar-refractivity contribution is -0.386. The molecule has 2 aromatic carbocycles. The molecule has 0 aliphatic heterocycles. The van der Waals surface area contributed by atoms with E-state index in [4.69, 9.17) is 9.92 Å². The minimum absolute atomic E-state index is 0.00190. The molecular weight excluding hydrogens is 412 g/mol. The van der Waals surface area contributed by atoms with Gasteiger partial charge in [-0.1, -0.05) is 46.3 Å². The number of rotatable bonds is 7. The molecule has 9 heteroatoms. The molecule has 0 fully saturated rings. The molecule has 7 nitrogen and oxygen atoms in total. The summed E-state index contributed by atoms with van der Waals surface area (Å²) in [6.07, 6.45) is 1.30. The maximum Gasteiger partial charge on any atom is 0.278 e. The molecule has 0 bridgehead atoms. The van der Waals surface area contributed by atoms with Crippen molar-refractivity contribution in [2.75, 3.05) is 6.26 Å². The van der Waals surface area contributed by atoms with Crippen LogP contribution in [-0.4, -0.2) is 19.6 Å². The smallest absolute Gasteiger partial charge is 0.278 e. The number of nitrogens with zero attached hydrogens (tertiary/aromatic N) is 1. The zero-order valence-corrected chi connectivity index (χ0v) is 15.8. The van der Waals surface area contributed by atoms with Gasteiger partial charge >= 0.3 is 0 Å². The number of hydrogen-bond acceptors (Lipinski definition) is 6. The Bertz CT molecular complexity index is 873. The zero-order chi connectivity index (χ0) is 18.7. The second-order valence-electron chi connectivity index (χ2n) is 5.58. The Morgan fingerprint density at radius 1 is 1.24 bits per heavy atom. The number of hydrogen-bond donors (Lipinski definition) is 1. The molecule has 2 aromatic rings. The molecule has 0 radical (unpaired) electrons. The van der Waals surface area contributed by atoms with E-state index < -0.39 is 20.8 Å². The lowest BCUT2D eigenvalue weighted by atomic mass is 9.94. The van der Waals surface area contributed by atoms with Gasteiger partial charge in [-0.2, -0.15) is 8.42 Å². The highest BCUT2D eigenvalue weighted by molar-refractivity contribution is 9.10. The van der Waals surface area contributed by atoms with Gasteiger partial charge in [0.15, 0.2) is 5.72 Å². The molecule has 2 rings (SSSR count). The van der Waals surface area contributed by atoms with Crippen molar-refractivity contribution in [2.24, 2.45) is 5.73 Å². The fraction of sp³-hybridized carbons (Fsp3) is 0.250. The molecule has 1 atom stereocenters. The van der Waals surface area contributed by atoms with E-state index in [0.29, 0.717) is 10.9 Å². The van der Waals surface area contributed by atoms with Gasteiger partial charge < -0.3 is 0 Å². The quantitative estimate of drug-likeness (QED) is 0.313. The summed E-state index contributed by atoms with van der Waals surface area (Å²) >= 11 is 3.16. The number of nitrogens with two attached hydrogens (primary N) is 1. The lowest BCUT2D eigenvalue weighted by Gasteiger charge is -2.28. The highest BCUT2D eigenvalue weighted by Gasteiger charge is 2.38. The number of nitro groups is 1. The summed E-state index contributed by atoms with van der Waals surface area (Å²) in [7, 11) is -3.95. The van der Waals surface area contributed by atoms with Gasteiger partial charge in [-0.25, -0.2) is 4.18 Å². The standard InChI is InChI=1S/C16H17BrN2O5S/c1-25(22,23)24-16(18,10-9-12-5-3-2-4-6-12)14-8-7-13(17)11-15(14)19(20)21/h2-8,11H,9-10,18H2,1H3. The Morgan fingerprint density at radius 2 is 1.88 bits per heavy atom. The van der Waals surface area contributed by atoms with Crippen LogP contribution in [0, 0.1) is 10.1 Å². The van der Waals surface area contributed by atoms with E-state index >= 15 is 0 Å². The van der Waals surface area contributed by atoms with E-state index in [1.54, 1.807) is 6.07 Å². The molecule has 0 aromatic heterocycles. The van der Waals surface area contributed by atoms with Gasteiger partial charge in [0.05, 0.1) is 16.7 Å². The zero-order valence-electron chi connectivity index (χ0n) is 13.4. The third-order valence-corrected chi connectivity index (χ3v) is 4.63. The molecule has 134 valence electrons. The summed E-state index contributed by atoms with van der Waals surface area (Å²) in [5.41, 5.74) is 4.97. The van der Waals surface area contributed by atoms with Crippen LogP contribution >= 0.6 is 15.9 Å². The van der Waals surface area contributed by atoms with E-state index in [-0.39, 0.29) is 17.7 Å². The third-order valence-electron chi connectivity index (χ3n) is 3.54. The Morgan fingerprint density at radius 3 is 2.44 bits per heavy atom. The van der Waals surface area contributed by atoms with E-state index in [2.05, 4.69) is 15.9 Å². The van der Waals surface area contributed by atoms with Gasteiger partial charge in [-0.3, -0.25) is 15.8 Å². The second kappa shape index (κ2) is 7.61. The second-order valence-corrected chi connectivity index (χ2v) is 8.07. The summed E-state index contributed by atoms with van der Waals surface area (Å²) in [4.78, 5) is 10.8. The van der Waals surface area contributed by atoms with E-state index in [1.807, 2.05) is 30.3 Å². The maximum atomic E-state index is 11.7. The highest BCUT2D eigenvalue weighted by Crippen LogP contribution is 2.35. The van der Waals surface area contributed by atoms with Gasteiger partial charge in [0.25, 0.3) is 15.8 Å². The first-order chi connectivity index (χ1) is 11.6. The van der Waals surface area contributed by atoms with Crippen molar-refractivity contribution < 1.29 is 17.5 Å². The Kier molecular flexibility index (Phi) is 5.94. The van der Waals surface area contributed by atoms with Crippen LogP contribution in [0.4, 0.5) is 5.69 Å². The van der Waals surface area contributed by atoms with Crippen LogP contribution in [0.25, 0.3) is 0 Å². The summed E-state index contributed by atoms with van der Waals surface area (Å²) in [6, 6.07) is 13.5. The monoisotopic (exact) mass is 428 g/mol. The number of aryl methyl sites for hydroxylation is 1. The number of benzene rings is 2. The first kappa shape index (κ1) is 19.5. The first-order valence-electron chi connectivity index (χ1n) is 7.28. The third kappa shape index (κ3) is 5.33. The van der Waals surface area contributed by atoms with Gasteiger partial charge in [0, 0.05) is 10.5 Å². The molecule has 0 aliphatic rings. The van der Waals surface area contributed by atoms with Crippen molar-refractivity contribution >= 4 is 31.7 Å². The van der Waals surface area contributed by atoms with E-state index in [0.717, 1.165) is 11.8 Å². The van der Waals surface area contributed by atoms with Crippen LogP contribution in [-0.2, 0) is 26.4 Å². The molecular formula is C16H17BrN2O5S. The fourth-order valence-corrected chi connectivity index (χ4v) is 3.54. The Hall–Kier alpha value is -1.81. The SMILES string of the molecule is CS(=O)(=O)OC(N)(CCc1ccccc1)c1ccc(Br)cc1[N+](=O)[O-]. The predicted octanol–water partition coefficient (Wildman–Crippen LogP) is 3.08. The molecule has 0 heterocycles. The molecule has 0 saturated heterocycles. The average molecular weight is 429 g/mol. The molecule has 1 unspecified atom stereocenters. The fourth-order valence-electron chi connectivity index (χ4n) is 2.48. The summed E-state index contributed by atoms with van der Waals surface area (Å²) in [5, 5.41) is 11.4. The number of nitro benzene ring substituents is 1. The molecule has 2 N–H and O–H groups in total. The Balaban J connectivity index is 2.47. The minimum Gasteiger partial charge on any atom is -0.298 e. The van der Waals surface area contributed by atoms with Gasteiger partial charge in [0.1, 0.15) is 0 Å². The molecule has 0 aliphatic carbocycles. The van der Waals surface area contributed by atoms with Crippen molar-refractivity contribution in [2.45, 2.75) is 18.6 Å². The van der Waals surface area contributed by atoms with Crippen LogP contribution in [0.5, 0.6) is 0 Å². The van der Waals surface area contributed by atoms with Gasteiger partial charge in [-0.05, 0) is 30.5 Å². The number of halogens is 1. The summed E-state index contributed by atoms with van der Waals surface area (Å²) < 4.78 is 29.0.